The molecule has 2 aromatic carbocycles. The van der Waals surface area contributed by atoms with Crippen LogP contribution in [0.2, 0.25) is 0 Å². The predicted molar refractivity (Wildman–Crippen MR) is 70.8 cm³/mol. The van der Waals surface area contributed by atoms with E-state index in [4.69, 9.17) is 0 Å². The summed E-state index contributed by atoms with van der Waals surface area (Å²) in [7, 11) is 0. The summed E-state index contributed by atoms with van der Waals surface area (Å²) in [5.74, 6) is -0.0981. The second kappa shape index (κ2) is 4.33. The van der Waals surface area contributed by atoms with E-state index in [2.05, 4.69) is 32.0 Å². The largest absolute Gasteiger partial charge is 0.206 e. The fraction of sp³-hybridized carbons (Fsp3) is 0.250. The highest BCUT2D eigenvalue weighted by Crippen LogP contribution is 2.27. The summed E-state index contributed by atoms with van der Waals surface area (Å²) in [6.07, 6.45) is 0. The lowest BCUT2D eigenvalue weighted by Crippen LogP contribution is -1.91. The molecule has 0 heterocycles. The van der Waals surface area contributed by atoms with Crippen LogP contribution < -0.4 is 0 Å². The van der Waals surface area contributed by atoms with Gasteiger partial charge in [-0.15, -0.1) is 0 Å². The van der Waals surface area contributed by atoms with Crippen LogP contribution in [0.1, 0.15) is 22.3 Å². The molecular formula is C16H17F. The predicted octanol–water partition coefficient (Wildman–Crippen LogP) is 4.73. The highest BCUT2D eigenvalue weighted by molar-refractivity contribution is 5.69. The van der Waals surface area contributed by atoms with E-state index in [1.54, 1.807) is 0 Å². The molecule has 0 bridgehead atoms. The molecular weight excluding hydrogens is 211 g/mol. The van der Waals surface area contributed by atoms with Gasteiger partial charge < -0.3 is 0 Å². The maximum Gasteiger partial charge on any atom is 0.129 e. The molecule has 88 valence electrons. The summed E-state index contributed by atoms with van der Waals surface area (Å²) < 4.78 is 13.6. The van der Waals surface area contributed by atoms with Gasteiger partial charge in [0.05, 0.1) is 0 Å². The van der Waals surface area contributed by atoms with Gasteiger partial charge in [-0.1, -0.05) is 23.8 Å². The number of rotatable bonds is 1. The quantitative estimate of drug-likeness (QED) is 0.662. The van der Waals surface area contributed by atoms with E-state index in [0.29, 0.717) is 11.1 Å². The van der Waals surface area contributed by atoms with Crippen LogP contribution in [0.25, 0.3) is 11.1 Å². The molecule has 0 aliphatic carbocycles. The van der Waals surface area contributed by atoms with Crippen LogP contribution in [-0.2, 0) is 0 Å². The molecule has 0 fully saturated rings. The lowest BCUT2D eigenvalue weighted by molar-refractivity contribution is 0.609. The zero-order valence-corrected chi connectivity index (χ0v) is 10.8. The first-order chi connectivity index (χ1) is 7.99. The monoisotopic (exact) mass is 228 g/mol. The first-order valence-corrected chi connectivity index (χ1v) is 5.83. The van der Waals surface area contributed by atoms with Crippen LogP contribution in [0.15, 0.2) is 30.3 Å². The van der Waals surface area contributed by atoms with Crippen molar-refractivity contribution in [1.29, 1.82) is 0 Å². The van der Waals surface area contributed by atoms with E-state index in [9.17, 15) is 4.39 Å². The molecule has 2 aromatic rings. The fourth-order valence-corrected chi connectivity index (χ4v) is 2.15. The van der Waals surface area contributed by atoms with Crippen LogP contribution in [0.5, 0.6) is 0 Å². The molecule has 0 aromatic heterocycles. The number of hydrogen-bond acceptors (Lipinski definition) is 0. The van der Waals surface area contributed by atoms with Crippen LogP contribution in [0, 0.1) is 33.5 Å². The van der Waals surface area contributed by atoms with Crippen molar-refractivity contribution in [2.24, 2.45) is 0 Å². The average Bonchev–Trinajstić information content (AvgIpc) is 2.28. The minimum Gasteiger partial charge on any atom is -0.206 e. The van der Waals surface area contributed by atoms with Gasteiger partial charge in [-0.05, 0) is 67.6 Å². The number of aryl methyl sites for hydroxylation is 4. The molecule has 0 amide bonds. The smallest absolute Gasteiger partial charge is 0.129 e. The van der Waals surface area contributed by atoms with Gasteiger partial charge in [-0.3, -0.25) is 0 Å². The lowest BCUT2D eigenvalue weighted by atomic mass is 9.95. The summed E-state index contributed by atoms with van der Waals surface area (Å²) in [4.78, 5) is 0. The third kappa shape index (κ3) is 2.23. The third-order valence-corrected chi connectivity index (χ3v) is 3.14. The Kier molecular flexibility index (Phi) is 3.01. The van der Waals surface area contributed by atoms with Gasteiger partial charge in [0.1, 0.15) is 5.82 Å². The summed E-state index contributed by atoms with van der Waals surface area (Å²) in [5.41, 5.74) is 6.16. The molecule has 0 saturated heterocycles. The second-order valence-corrected chi connectivity index (χ2v) is 4.74. The van der Waals surface area contributed by atoms with E-state index in [-0.39, 0.29) is 5.82 Å². The Balaban J connectivity index is 2.64. The highest BCUT2D eigenvalue weighted by Gasteiger charge is 2.07. The molecule has 17 heavy (non-hydrogen) atoms. The van der Waals surface area contributed by atoms with Gasteiger partial charge >= 0.3 is 0 Å². The van der Waals surface area contributed by atoms with Crippen molar-refractivity contribution in [3.05, 3.63) is 58.4 Å². The summed E-state index contributed by atoms with van der Waals surface area (Å²) in [6.45, 7) is 7.79. The third-order valence-electron chi connectivity index (χ3n) is 3.14. The number of benzene rings is 2. The molecule has 0 spiro atoms. The molecule has 2 rings (SSSR count). The van der Waals surface area contributed by atoms with Crippen LogP contribution in [0.4, 0.5) is 4.39 Å². The van der Waals surface area contributed by atoms with Crippen molar-refractivity contribution >= 4 is 0 Å². The Bertz CT molecular complexity index is 545. The Labute approximate surface area is 102 Å². The van der Waals surface area contributed by atoms with Crippen molar-refractivity contribution in [3.8, 4) is 11.1 Å². The molecule has 0 atom stereocenters. The van der Waals surface area contributed by atoms with Gasteiger partial charge in [0.2, 0.25) is 0 Å². The molecule has 0 saturated carbocycles. The molecule has 0 nitrogen and oxygen atoms in total. The average molecular weight is 228 g/mol. The van der Waals surface area contributed by atoms with Crippen LogP contribution in [0.3, 0.4) is 0 Å². The molecule has 0 N–H and O–H groups in total. The van der Waals surface area contributed by atoms with Crippen molar-refractivity contribution < 1.29 is 4.39 Å². The van der Waals surface area contributed by atoms with Gasteiger partial charge in [0, 0.05) is 0 Å². The first-order valence-electron chi connectivity index (χ1n) is 5.83. The molecule has 1 heteroatoms. The second-order valence-electron chi connectivity index (χ2n) is 4.74. The minimum atomic E-state index is -0.0981. The van der Waals surface area contributed by atoms with E-state index in [1.807, 2.05) is 26.0 Å². The zero-order chi connectivity index (χ0) is 12.6. The minimum absolute atomic E-state index is 0.0981. The van der Waals surface area contributed by atoms with Gasteiger partial charge in [0.15, 0.2) is 0 Å². The van der Waals surface area contributed by atoms with E-state index in [0.717, 1.165) is 5.56 Å². The maximum atomic E-state index is 13.6. The Hall–Kier alpha value is -1.63. The van der Waals surface area contributed by atoms with E-state index in [1.165, 1.54) is 16.7 Å². The first kappa shape index (κ1) is 11.8. The van der Waals surface area contributed by atoms with Gasteiger partial charge in [-0.2, -0.15) is 0 Å². The SMILES string of the molecule is Cc1ccc(C)c(-c2cc(C)c(F)c(C)c2)c1. The number of halogens is 1. The highest BCUT2D eigenvalue weighted by atomic mass is 19.1. The Morgan fingerprint density at radius 3 is 1.94 bits per heavy atom. The van der Waals surface area contributed by atoms with Crippen LogP contribution >= 0.6 is 0 Å². The standard InChI is InChI=1S/C16H17F/c1-10-5-6-11(2)15(7-10)14-8-12(3)16(17)13(4)9-14/h5-9H,1-4H3. The maximum absolute atomic E-state index is 13.6. The van der Waals surface area contributed by atoms with Crippen molar-refractivity contribution in [1.82, 2.24) is 0 Å². The Morgan fingerprint density at radius 1 is 0.765 bits per heavy atom. The van der Waals surface area contributed by atoms with Crippen molar-refractivity contribution in [2.45, 2.75) is 27.7 Å². The fourth-order valence-electron chi connectivity index (χ4n) is 2.15. The summed E-state index contributed by atoms with van der Waals surface area (Å²) in [6, 6.07) is 10.2. The normalized spacial score (nSPS) is 10.6. The molecule has 0 unspecified atom stereocenters. The van der Waals surface area contributed by atoms with E-state index < -0.39 is 0 Å². The zero-order valence-electron chi connectivity index (χ0n) is 10.8. The number of hydrogen-bond donors (Lipinski definition) is 0. The topological polar surface area (TPSA) is 0 Å². The Morgan fingerprint density at radius 2 is 1.35 bits per heavy atom. The summed E-state index contributed by atoms with van der Waals surface area (Å²) in [5, 5.41) is 0. The lowest BCUT2D eigenvalue weighted by Gasteiger charge is -2.10. The summed E-state index contributed by atoms with van der Waals surface area (Å²) >= 11 is 0. The van der Waals surface area contributed by atoms with E-state index >= 15 is 0 Å². The van der Waals surface area contributed by atoms with Crippen LogP contribution in [-0.4, -0.2) is 0 Å². The van der Waals surface area contributed by atoms with Crippen molar-refractivity contribution in [2.75, 3.05) is 0 Å². The van der Waals surface area contributed by atoms with Gasteiger partial charge in [-0.25, -0.2) is 4.39 Å². The molecule has 0 aliphatic heterocycles. The molecule has 0 aliphatic rings. The van der Waals surface area contributed by atoms with Gasteiger partial charge in [0.25, 0.3) is 0 Å². The molecule has 0 radical (unpaired) electrons. The van der Waals surface area contributed by atoms with Crippen molar-refractivity contribution in [3.63, 3.8) is 0 Å².